The first-order valence-corrected chi connectivity index (χ1v) is 9.31. The molecule has 1 aromatic heterocycles. The number of carbonyl (C=O) groups excluding carboxylic acids is 1. The molecule has 1 aliphatic carbocycles. The van der Waals surface area contributed by atoms with Crippen LogP contribution >= 0.6 is 11.6 Å². The summed E-state index contributed by atoms with van der Waals surface area (Å²) >= 11 is 6.28. The number of hydrogen-bond donors (Lipinski definition) is 1. The summed E-state index contributed by atoms with van der Waals surface area (Å²) in [5.74, 6) is 1.52. The Balaban J connectivity index is 1.70. The van der Waals surface area contributed by atoms with Gasteiger partial charge in [-0.15, -0.1) is 0 Å². The van der Waals surface area contributed by atoms with Gasteiger partial charge in [-0.1, -0.05) is 36.7 Å². The quantitative estimate of drug-likeness (QED) is 0.775. The summed E-state index contributed by atoms with van der Waals surface area (Å²) in [6, 6.07) is 7.82. The Morgan fingerprint density at radius 2 is 2.20 bits per heavy atom. The molecule has 1 fully saturated rings. The third-order valence-corrected chi connectivity index (χ3v) is 4.79. The van der Waals surface area contributed by atoms with Gasteiger partial charge in [-0.3, -0.25) is 0 Å². The van der Waals surface area contributed by atoms with E-state index in [1.54, 1.807) is 6.20 Å². The van der Waals surface area contributed by atoms with Crippen molar-refractivity contribution < 1.29 is 4.79 Å². The van der Waals surface area contributed by atoms with Crippen LogP contribution in [0.2, 0.25) is 5.02 Å². The molecule has 1 N–H and O–H groups in total. The van der Waals surface area contributed by atoms with E-state index in [0.29, 0.717) is 25.6 Å². The van der Waals surface area contributed by atoms with Gasteiger partial charge >= 0.3 is 6.03 Å². The van der Waals surface area contributed by atoms with Crippen molar-refractivity contribution in [1.29, 1.82) is 0 Å². The Labute approximate surface area is 154 Å². The second kappa shape index (κ2) is 8.39. The maximum absolute atomic E-state index is 12.5. The average molecular weight is 361 g/mol. The van der Waals surface area contributed by atoms with E-state index >= 15 is 0 Å². The van der Waals surface area contributed by atoms with Crippen molar-refractivity contribution in [1.82, 2.24) is 19.8 Å². The Kier molecular flexibility index (Phi) is 5.97. The van der Waals surface area contributed by atoms with Crippen LogP contribution in [-0.4, -0.2) is 33.6 Å². The molecule has 2 aromatic rings. The number of hydrogen-bond acceptors (Lipinski definition) is 2. The molecule has 1 aromatic carbocycles. The number of aromatic nitrogens is 2. The predicted octanol–water partition coefficient (Wildman–Crippen LogP) is 3.92. The highest BCUT2D eigenvalue weighted by atomic mass is 35.5. The smallest absolute Gasteiger partial charge is 0.317 e. The number of imidazole rings is 1. The van der Waals surface area contributed by atoms with Crippen molar-refractivity contribution in [2.45, 2.75) is 39.3 Å². The third kappa shape index (κ3) is 4.98. The maximum atomic E-state index is 12.5. The Morgan fingerprint density at radius 1 is 1.40 bits per heavy atom. The molecular formula is C19H25ClN4O. The van der Waals surface area contributed by atoms with Gasteiger partial charge in [0.2, 0.25) is 0 Å². The molecule has 0 atom stereocenters. The van der Waals surface area contributed by atoms with E-state index in [1.165, 1.54) is 12.8 Å². The average Bonchev–Trinajstić information content (AvgIpc) is 3.33. The Morgan fingerprint density at radius 3 is 2.92 bits per heavy atom. The van der Waals surface area contributed by atoms with Gasteiger partial charge in [-0.05, 0) is 36.8 Å². The van der Waals surface area contributed by atoms with Crippen LogP contribution in [0.25, 0.3) is 0 Å². The van der Waals surface area contributed by atoms with Crippen LogP contribution in [0.3, 0.4) is 0 Å². The molecule has 25 heavy (non-hydrogen) atoms. The van der Waals surface area contributed by atoms with Crippen LogP contribution in [0.5, 0.6) is 0 Å². The standard InChI is InChI=1S/C19H25ClN4O/c1-2-9-22-19(25)24(12-15-7-8-15)14-18-21-10-11-23(18)13-16-5-3-4-6-17(16)20/h3-6,10-11,15H,2,7-9,12-14H2,1H3,(H,22,25). The van der Waals surface area contributed by atoms with E-state index in [9.17, 15) is 4.79 Å². The monoisotopic (exact) mass is 360 g/mol. The lowest BCUT2D eigenvalue weighted by Gasteiger charge is -2.23. The van der Waals surface area contributed by atoms with Crippen molar-refractivity contribution in [3.63, 3.8) is 0 Å². The predicted molar refractivity (Wildman–Crippen MR) is 99.6 cm³/mol. The van der Waals surface area contributed by atoms with Crippen molar-refractivity contribution in [2.75, 3.05) is 13.1 Å². The highest BCUT2D eigenvalue weighted by Crippen LogP contribution is 2.30. The van der Waals surface area contributed by atoms with Gasteiger partial charge in [0.15, 0.2) is 0 Å². The number of nitrogens with one attached hydrogen (secondary N) is 1. The molecule has 0 spiro atoms. The van der Waals surface area contributed by atoms with Crippen molar-refractivity contribution in [3.8, 4) is 0 Å². The molecule has 0 radical (unpaired) electrons. The fraction of sp³-hybridized carbons (Fsp3) is 0.474. The van der Waals surface area contributed by atoms with E-state index in [-0.39, 0.29) is 6.03 Å². The summed E-state index contributed by atoms with van der Waals surface area (Å²) in [7, 11) is 0. The number of rotatable bonds is 8. The van der Waals surface area contributed by atoms with Gasteiger partial charge in [0.1, 0.15) is 5.82 Å². The number of urea groups is 1. The molecule has 1 heterocycles. The fourth-order valence-electron chi connectivity index (χ4n) is 2.79. The normalized spacial score (nSPS) is 13.7. The van der Waals surface area contributed by atoms with Crippen LogP contribution in [0.1, 0.15) is 37.6 Å². The summed E-state index contributed by atoms with van der Waals surface area (Å²) < 4.78 is 2.06. The van der Waals surface area contributed by atoms with Gasteiger partial charge in [0.05, 0.1) is 13.1 Å². The van der Waals surface area contributed by atoms with E-state index in [4.69, 9.17) is 11.6 Å². The lowest BCUT2D eigenvalue weighted by molar-refractivity contribution is 0.190. The molecule has 1 saturated carbocycles. The lowest BCUT2D eigenvalue weighted by Crippen LogP contribution is -2.41. The van der Waals surface area contributed by atoms with E-state index in [1.807, 2.05) is 35.4 Å². The molecule has 1 aliphatic rings. The van der Waals surface area contributed by atoms with Crippen molar-refractivity contribution >= 4 is 17.6 Å². The topological polar surface area (TPSA) is 50.2 Å². The molecule has 5 nitrogen and oxygen atoms in total. The van der Waals surface area contributed by atoms with Crippen LogP contribution in [0.4, 0.5) is 4.79 Å². The summed E-state index contributed by atoms with van der Waals surface area (Å²) in [5.41, 5.74) is 1.05. The Bertz CT molecular complexity index is 711. The number of amides is 2. The molecule has 3 rings (SSSR count). The first-order valence-electron chi connectivity index (χ1n) is 8.93. The Hall–Kier alpha value is -2.01. The SMILES string of the molecule is CCCNC(=O)N(Cc1nccn1Cc1ccccc1Cl)CC1CC1. The number of carbonyl (C=O) groups is 1. The molecule has 0 bridgehead atoms. The minimum absolute atomic E-state index is 0.000966. The maximum Gasteiger partial charge on any atom is 0.317 e. The van der Waals surface area contributed by atoms with Crippen LogP contribution in [0.15, 0.2) is 36.7 Å². The van der Waals surface area contributed by atoms with E-state index in [0.717, 1.165) is 29.4 Å². The molecule has 0 saturated heterocycles. The zero-order valence-corrected chi connectivity index (χ0v) is 15.4. The minimum Gasteiger partial charge on any atom is -0.338 e. The largest absolute Gasteiger partial charge is 0.338 e. The van der Waals surface area contributed by atoms with Crippen LogP contribution < -0.4 is 5.32 Å². The zero-order valence-electron chi connectivity index (χ0n) is 14.6. The number of halogens is 1. The summed E-state index contributed by atoms with van der Waals surface area (Å²) in [5, 5.41) is 3.73. The number of benzene rings is 1. The molecular weight excluding hydrogens is 336 g/mol. The fourth-order valence-corrected chi connectivity index (χ4v) is 2.99. The van der Waals surface area contributed by atoms with E-state index < -0.39 is 0 Å². The van der Waals surface area contributed by atoms with Gasteiger partial charge in [0.25, 0.3) is 0 Å². The van der Waals surface area contributed by atoms with Gasteiger partial charge in [-0.25, -0.2) is 9.78 Å². The molecule has 2 amide bonds. The second-order valence-corrected chi connectivity index (χ2v) is 7.03. The highest BCUT2D eigenvalue weighted by Gasteiger charge is 2.27. The summed E-state index contributed by atoms with van der Waals surface area (Å²) in [4.78, 5) is 18.8. The summed E-state index contributed by atoms with van der Waals surface area (Å²) in [6.45, 7) is 4.73. The van der Waals surface area contributed by atoms with Crippen LogP contribution in [-0.2, 0) is 13.1 Å². The van der Waals surface area contributed by atoms with Crippen LogP contribution in [0, 0.1) is 5.92 Å². The van der Waals surface area contributed by atoms with Gasteiger partial charge < -0.3 is 14.8 Å². The van der Waals surface area contributed by atoms with Gasteiger partial charge in [-0.2, -0.15) is 0 Å². The lowest BCUT2D eigenvalue weighted by atomic mass is 10.2. The zero-order chi connectivity index (χ0) is 17.6. The molecule has 6 heteroatoms. The number of nitrogens with zero attached hydrogens (tertiary/aromatic N) is 3. The molecule has 0 aliphatic heterocycles. The summed E-state index contributed by atoms with van der Waals surface area (Å²) in [6.07, 6.45) is 7.09. The van der Waals surface area contributed by atoms with E-state index in [2.05, 4.69) is 21.8 Å². The molecule has 134 valence electrons. The van der Waals surface area contributed by atoms with Crippen molar-refractivity contribution in [3.05, 3.63) is 53.1 Å². The van der Waals surface area contributed by atoms with Gasteiger partial charge in [0, 0.05) is 30.5 Å². The first-order chi connectivity index (χ1) is 12.2. The van der Waals surface area contributed by atoms with Crippen molar-refractivity contribution in [2.24, 2.45) is 5.92 Å². The first kappa shape index (κ1) is 17.8. The third-order valence-electron chi connectivity index (χ3n) is 4.42. The molecule has 0 unspecified atom stereocenters. The minimum atomic E-state index is 0.000966. The highest BCUT2D eigenvalue weighted by molar-refractivity contribution is 6.31. The second-order valence-electron chi connectivity index (χ2n) is 6.62.